The molecule has 1 amide bonds. The summed E-state index contributed by atoms with van der Waals surface area (Å²) in [5, 5.41) is 14.6. The maximum Gasteiger partial charge on any atom is 0.255 e. The Labute approximate surface area is 124 Å². The van der Waals surface area contributed by atoms with Crippen LogP contribution in [0, 0.1) is 0 Å². The van der Waals surface area contributed by atoms with E-state index in [1.165, 1.54) is 0 Å². The van der Waals surface area contributed by atoms with E-state index in [9.17, 15) is 9.90 Å². The van der Waals surface area contributed by atoms with Crippen molar-refractivity contribution in [3.05, 3.63) is 42.0 Å². The van der Waals surface area contributed by atoms with E-state index in [4.69, 9.17) is 4.74 Å². The van der Waals surface area contributed by atoms with Crippen LogP contribution in [-0.2, 0) is 4.74 Å². The number of ether oxygens (including phenoxy) is 1. The number of rotatable bonds is 7. The van der Waals surface area contributed by atoms with Crippen LogP contribution in [0.5, 0.6) is 5.75 Å². The molecular formula is C17H21NO3. The zero-order valence-electron chi connectivity index (χ0n) is 12.3. The second-order valence-corrected chi connectivity index (χ2v) is 4.90. The summed E-state index contributed by atoms with van der Waals surface area (Å²) in [5.74, 6) is -0.221. The molecule has 112 valence electrons. The van der Waals surface area contributed by atoms with E-state index >= 15 is 0 Å². The van der Waals surface area contributed by atoms with Gasteiger partial charge in [0.25, 0.3) is 5.91 Å². The van der Waals surface area contributed by atoms with Gasteiger partial charge in [-0.25, -0.2) is 0 Å². The molecule has 0 aliphatic heterocycles. The van der Waals surface area contributed by atoms with Gasteiger partial charge in [-0.15, -0.1) is 0 Å². The number of amides is 1. The van der Waals surface area contributed by atoms with Crippen LogP contribution in [0.15, 0.2) is 36.4 Å². The number of phenols is 1. The van der Waals surface area contributed by atoms with Crippen LogP contribution in [0.25, 0.3) is 10.8 Å². The van der Waals surface area contributed by atoms with E-state index in [2.05, 4.69) is 12.2 Å². The summed E-state index contributed by atoms with van der Waals surface area (Å²) >= 11 is 0. The zero-order chi connectivity index (χ0) is 15.1. The molecule has 0 saturated carbocycles. The SMILES string of the molecule is CCCOCCCNC(=O)c1ccc2ccccc2c1O. The van der Waals surface area contributed by atoms with Gasteiger partial charge in [-0.3, -0.25) is 4.79 Å². The fourth-order valence-electron chi connectivity index (χ4n) is 2.16. The monoisotopic (exact) mass is 287 g/mol. The number of hydrogen-bond donors (Lipinski definition) is 2. The van der Waals surface area contributed by atoms with E-state index in [0.29, 0.717) is 24.1 Å². The molecule has 4 nitrogen and oxygen atoms in total. The minimum Gasteiger partial charge on any atom is -0.506 e. The molecule has 4 heteroatoms. The second kappa shape index (κ2) is 7.64. The van der Waals surface area contributed by atoms with Gasteiger partial charge in [-0.1, -0.05) is 37.3 Å². The third-order valence-corrected chi connectivity index (χ3v) is 3.24. The van der Waals surface area contributed by atoms with Crippen molar-refractivity contribution in [1.82, 2.24) is 5.32 Å². The van der Waals surface area contributed by atoms with Crippen LogP contribution >= 0.6 is 0 Å². The van der Waals surface area contributed by atoms with Crippen molar-refractivity contribution in [3.8, 4) is 5.75 Å². The number of hydrogen-bond acceptors (Lipinski definition) is 3. The number of nitrogens with one attached hydrogen (secondary N) is 1. The summed E-state index contributed by atoms with van der Waals surface area (Å²) in [6, 6.07) is 10.9. The van der Waals surface area contributed by atoms with Crippen molar-refractivity contribution >= 4 is 16.7 Å². The van der Waals surface area contributed by atoms with Crippen LogP contribution in [0.2, 0.25) is 0 Å². The maximum atomic E-state index is 12.1. The molecule has 21 heavy (non-hydrogen) atoms. The predicted molar refractivity (Wildman–Crippen MR) is 83.7 cm³/mol. The summed E-state index contributed by atoms with van der Waals surface area (Å²) in [7, 11) is 0. The van der Waals surface area contributed by atoms with Crippen molar-refractivity contribution in [2.24, 2.45) is 0 Å². The first-order valence-electron chi connectivity index (χ1n) is 7.30. The molecule has 2 rings (SSSR count). The molecule has 2 aromatic rings. The molecular weight excluding hydrogens is 266 g/mol. The molecule has 2 N–H and O–H groups in total. The lowest BCUT2D eigenvalue weighted by molar-refractivity contribution is 0.0939. The molecule has 0 heterocycles. The first-order valence-corrected chi connectivity index (χ1v) is 7.30. The average Bonchev–Trinajstić information content (AvgIpc) is 2.51. The van der Waals surface area contributed by atoms with E-state index in [0.717, 1.165) is 24.8 Å². The smallest absolute Gasteiger partial charge is 0.255 e. The van der Waals surface area contributed by atoms with E-state index in [1.54, 1.807) is 12.1 Å². The molecule has 0 bridgehead atoms. The number of phenolic OH excluding ortho intramolecular Hbond substituents is 1. The Morgan fingerprint density at radius 3 is 2.81 bits per heavy atom. The number of benzene rings is 2. The Morgan fingerprint density at radius 1 is 1.19 bits per heavy atom. The van der Waals surface area contributed by atoms with Crippen molar-refractivity contribution in [2.45, 2.75) is 19.8 Å². The number of carbonyl (C=O) groups excluding carboxylic acids is 1. The van der Waals surface area contributed by atoms with Crippen LogP contribution in [0.1, 0.15) is 30.1 Å². The first-order chi connectivity index (χ1) is 10.2. The highest BCUT2D eigenvalue weighted by Gasteiger charge is 2.12. The van der Waals surface area contributed by atoms with Gasteiger partial charge < -0.3 is 15.2 Å². The summed E-state index contributed by atoms with van der Waals surface area (Å²) in [6.07, 6.45) is 1.76. The zero-order valence-corrected chi connectivity index (χ0v) is 12.3. The molecule has 0 spiro atoms. The predicted octanol–water partition coefficient (Wildman–Crippen LogP) is 3.09. The Balaban J connectivity index is 1.95. The van der Waals surface area contributed by atoms with Crippen molar-refractivity contribution in [2.75, 3.05) is 19.8 Å². The molecule has 0 radical (unpaired) electrons. The summed E-state index contributed by atoms with van der Waals surface area (Å²) in [5.41, 5.74) is 0.308. The van der Waals surface area contributed by atoms with Crippen molar-refractivity contribution in [1.29, 1.82) is 0 Å². The highest BCUT2D eigenvalue weighted by atomic mass is 16.5. The molecule has 0 aliphatic rings. The van der Waals surface area contributed by atoms with E-state index in [1.807, 2.05) is 24.3 Å². The summed E-state index contributed by atoms with van der Waals surface area (Å²) in [4.78, 5) is 12.1. The van der Waals surface area contributed by atoms with Crippen LogP contribution in [0.4, 0.5) is 0 Å². The molecule has 0 atom stereocenters. The topological polar surface area (TPSA) is 58.6 Å². The third-order valence-electron chi connectivity index (χ3n) is 3.24. The normalized spacial score (nSPS) is 10.7. The Kier molecular flexibility index (Phi) is 5.58. The third kappa shape index (κ3) is 3.95. The minimum atomic E-state index is -0.256. The number of fused-ring (bicyclic) bond motifs is 1. The van der Waals surface area contributed by atoms with Crippen molar-refractivity contribution in [3.63, 3.8) is 0 Å². The van der Waals surface area contributed by atoms with Crippen LogP contribution in [-0.4, -0.2) is 30.8 Å². The van der Waals surface area contributed by atoms with Gasteiger partial charge >= 0.3 is 0 Å². The van der Waals surface area contributed by atoms with Crippen molar-refractivity contribution < 1.29 is 14.6 Å². The second-order valence-electron chi connectivity index (χ2n) is 4.90. The molecule has 0 aromatic heterocycles. The Hall–Kier alpha value is -2.07. The lowest BCUT2D eigenvalue weighted by Crippen LogP contribution is -2.25. The number of aromatic hydroxyl groups is 1. The molecule has 0 unspecified atom stereocenters. The fraction of sp³-hybridized carbons (Fsp3) is 0.353. The Bertz CT molecular complexity index is 610. The first kappa shape index (κ1) is 15.3. The highest BCUT2D eigenvalue weighted by molar-refractivity contribution is 6.03. The van der Waals surface area contributed by atoms with Gasteiger partial charge in [0.15, 0.2) is 0 Å². The van der Waals surface area contributed by atoms with Crippen LogP contribution in [0.3, 0.4) is 0 Å². The quantitative estimate of drug-likeness (QED) is 0.769. The minimum absolute atomic E-state index is 0.0350. The molecule has 0 aliphatic carbocycles. The molecule has 0 saturated heterocycles. The molecule has 0 fully saturated rings. The van der Waals surface area contributed by atoms with Gasteiger partial charge in [0, 0.05) is 25.1 Å². The maximum absolute atomic E-state index is 12.1. The summed E-state index contributed by atoms with van der Waals surface area (Å²) < 4.78 is 5.35. The van der Waals surface area contributed by atoms with Gasteiger partial charge in [0.1, 0.15) is 5.75 Å². The fourth-order valence-corrected chi connectivity index (χ4v) is 2.16. The Morgan fingerprint density at radius 2 is 2.00 bits per heavy atom. The number of carbonyl (C=O) groups is 1. The van der Waals surface area contributed by atoms with E-state index in [-0.39, 0.29) is 11.7 Å². The van der Waals surface area contributed by atoms with Crippen LogP contribution < -0.4 is 5.32 Å². The highest BCUT2D eigenvalue weighted by Crippen LogP contribution is 2.28. The standard InChI is InChI=1S/C17H21NO3/c1-2-11-21-12-5-10-18-17(20)15-9-8-13-6-3-4-7-14(13)16(15)19/h3-4,6-9,19H,2,5,10-12H2,1H3,(H,18,20). The molecule has 2 aromatic carbocycles. The lowest BCUT2D eigenvalue weighted by Gasteiger charge is -2.09. The van der Waals surface area contributed by atoms with E-state index < -0.39 is 0 Å². The van der Waals surface area contributed by atoms with Gasteiger partial charge in [-0.2, -0.15) is 0 Å². The average molecular weight is 287 g/mol. The summed E-state index contributed by atoms with van der Waals surface area (Å²) in [6.45, 7) is 3.98. The van der Waals surface area contributed by atoms with Gasteiger partial charge in [-0.05, 0) is 24.3 Å². The van der Waals surface area contributed by atoms with Gasteiger partial charge in [0.05, 0.1) is 5.56 Å². The largest absolute Gasteiger partial charge is 0.506 e. The lowest BCUT2D eigenvalue weighted by atomic mass is 10.0. The van der Waals surface area contributed by atoms with Gasteiger partial charge in [0.2, 0.25) is 0 Å².